The van der Waals surface area contributed by atoms with Crippen molar-refractivity contribution in [1.29, 1.82) is 0 Å². The summed E-state index contributed by atoms with van der Waals surface area (Å²) in [5.41, 5.74) is -0.0307. The molecule has 1 saturated heterocycles. The number of amides is 1. The second-order valence-corrected chi connectivity index (χ2v) is 7.70. The number of alkyl halides is 1. The molecule has 2 nitrogen and oxygen atoms in total. The molecule has 1 aliphatic carbocycles. The van der Waals surface area contributed by atoms with Gasteiger partial charge >= 0.3 is 0 Å². The van der Waals surface area contributed by atoms with Crippen molar-refractivity contribution in [3.8, 4) is 0 Å². The molecule has 0 N–H and O–H groups in total. The van der Waals surface area contributed by atoms with Crippen LogP contribution in [-0.4, -0.2) is 29.8 Å². The van der Waals surface area contributed by atoms with Crippen molar-refractivity contribution in [2.75, 3.05) is 19.0 Å². The summed E-state index contributed by atoms with van der Waals surface area (Å²) in [6.07, 6.45) is 9.22. The molecule has 0 aromatic carbocycles. The Labute approximate surface area is 129 Å². The molecule has 1 saturated carbocycles. The van der Waals surface area contributed by atoms with E-state index in [0.717, 1.165) is 51.1 Å². The maximum absolute atomic E-state index is 13.1. The lowest BCUT2D eigenvalue weighted by molar-refractivity contribution is -0.145. The normalized spacial score (nSPS) is 26.2. The Morgan fingerprint density at radius 3 is 2.60 bits per heavy atom. The zero-order chi connectivity index (χ0) is 14.6. The van der Waals surface area contributed by atoms with Crippen molar-refractivity contribution >= 4 is 17.5 Å². The van der Waals surface area contributed by atoms with E-state index in [0.29, 0.717) is 17.7 Å². The van der Waals surface area contributed by atoms with Gasteiger partial charge in [0.2, 0.25) is 5.91 Å². The highest BCUT2D eigenvalue weighted by atomic mass is 35.5. The van der Waals surface area contributed by atoms with Crippen molar-refractivity contribution in [3.63, 3.8) is 0 Å². The van der Waals surface area contributed by atoms with E-state index in [9.17, 15) is 4.79 Å². The Morgan fingerprint density at radius 1 is 1.30 bits per heavy atom. The second-order valence-electron chi connectivity index (χ2n) is 7.32. The first-order chi connectivity index (χ1) is 9.57. The van der Waals surface area contributed by atoms with Gasteiger partial charge in [-0.05, 0) is 50.4 Å². The zero-order valence-electron chi connectivity index (χ0n) is 13.2. The second kappa shape index (κ2) is 7.15. The number of hydrogen-bond donors (Lipinski definition) is 0. The largest absolute Gasteiger partial charge is 0.342 e. The van der Waals surface area contributed by atoms with Gasteiger partial charge in [0, 0.05) is 24.4 Å². The minimum Gasteiger partial charge on any atom is -0.342 e. The molecule has 0 spiro atoms. The van der Waals surface area contributed by atoms with Crippen molar-refractivity contribution in [1.82, 2.24) is 4.90 Å². The molecule has 1 heterocycles. The molecule has 2 fully saturated rings. The number of hydrogen-bond acceptors (Lipinski definition) is 1. The third-order valence-electron chi connectivity index (χ3n) is 5.14. The highest BCUT2D eigenvalue weighted by Gasteiger charge is 2.44. The van der Waals surface area contributed by atoms with E-state index in [1.807, 2.05) is 0 Å². The molecule has 116 valence electrons. The fraction of sp³-hybridized carbons (Fsp3) is 0.941. The smallest absolute Gasteiger partial charge is 0.228 e. The maximum Gasteiger partial charge on any atom is 0.228 e. The third-order valence-corrected chi connectivity index (χ3v) is 5.36. The van der Waals surface area contributed by atoms with Gasteiger partial charge in [0.05, 0.1) is 0 Å². The Bertz CT molecular complexity index is 321. The molecule has 2 aliphatic rings. The molecule has 0 aromatic rings. The Balaban J connectivity index is 2.03. The van der Waals surface area contributed by atoms with Crippen LogP contribution in [0.1, 0.15) is 65.2 Å². The molecule has 1 aliphatic heterocycles. The minimum absolute atomic E-state index is 0.0307. The summed E-state index contributed by atoms with van der Waals surface area (Å²) in [6, 6.07) is 0. The molecule has 0 bridgehead atoms. The Kier molecular flexibility index (Phi) is 5.77. The van der Waals surface area contributed by atoms with E-state index < -0.39 is 0 Å². The predicted molar refractivity (Wildman–Crippen MR) is 85.0 cm³/mol. The van der Waals surface area contributed by atoms with Gasteiger partial charge in [-0.25, -0.2) is 0 Å². The van der Waals surface area contributed by atoms with E-state index >= 15 is 0 Å². The lowest BCUT2D eigenvalue weighted by Gasteiger charge is -2.39. The average molecular weight is 300 g/mol. The molecular formula is C17H30ClNO. The maximum atomic E-state index is 13.1. The van der Waals surface area contributed by atoms with Gasteiger partial charge < -0.3 is 4.90 Å². The highest BCUT2D eigenvalue weighted by Crippen LogP contribution is 2.45. The van der Waals surface area contributed by atoms with E-state index in [1.54, 1.807) is 0 Å². The molecule has 0 aromatic heterocycles. The number of nitrogens with zero attached hydrogens (tertiary/aromatic N) is 1. The molecule has 2 rings (SSSR count). The predicted octanol–water partition coefficient (Wildman–Crippen LogP) is 4.46. The molecule has 1 atom stereocenters. The lowest BCUT2D eigenvalue weighted by Crippen LogP contribution is -2.47. The SMILES string of the molecule is CC(C)CC1(C(=O)N2CCCC(CCCl)C2)CCCC1. The molecular weight excluding hydrogens is 270 g/mol. The summed E-state index contributed by atoms with van der Waals surface area (Å²) in [7, 11) is 0. The number of halogens is 1. The summed E-state index contributed by atoms with van der Waals surface area (Å²) >= 11 is 5.88. The monoisotopic (exact) mass is 299 g/mol. The van der Waals surface area contributed by atoms with E-state index in [2.05, 4.69) is 18.7 Å². The third kappa shape index (κ3) is 3.69. The fourth-order valence-corrected chi connectivity index (χ4v) is 4.62. The highest BCUT2D eigenvalue weighted by molar-refractivity contribution is 6.17. The average Bonchev–Trinajstić information content (AvgIpc) is 2.87. The molecule has 1 amide bonds. The number of piperidine rings is 1. The van der Waals surface area contributed by atoms with Crippen LogP contribution in [0.4, 0.5) is 0 Å². The summed E-state index contributed by atoms with van der Waals surface area (Å²) in [5, 5.41) is 0. The zero-order valence-corrected chi connectivity index (χ0v) is 13.9. The van der Waals surface area contributed by atoms with Crippen LogP contribution in [0.5, 0.6) is 0 Å². The molecule has 20 heavy (non-hydrogen) atoms. The van der Waals surface area contributed by atoms with Gasteiger partial charge in [0.25, 0.3) is 0 Å². The van der Waals surface area contributed by atoms with Crippen LogP contribution in [0.2, 0.25) is 0 Å². The summed E-state index contributed by atoms with van der Waals surface area (Å²) < 4.78 is 0. The first-order valence-electron chi connectivity index (χ1n) is 8.43. The minimum atomic E-state index is -0.0307. The van der Waals surface area contributed by atoms with Gasteiger partial charge in [-0.1, -0.05) is 26.7 Å². The van der Waals surface area contributed by atoms with Crippen LogP contribution in [0, 0.1) is 17.3 Å². The Morgan fingerprint density at radius 2 is 2.00 bits per heavy atom. The van der Waals surface area contributed by atoms with Gasteiger partial charge in [-0.15, -0.1) is 11.6 Å². The van der Waals surface area contributed by atoms with Gasteiger partial charge in [0.15, 0.2) is 0 Å². The summed E-state index contributed by atoms with van der Waals surface area (Å²) in [6.45, 7) is 6.42. The van der Waals surface area contributed by atoms with E-state index in [-0.39, 0.29) is 5.41 Å². The topological polar surface area (TPSA) is 20.3 Å². The fourth-order valence-electron chi connectivity index (χ4n) is 4.31. The van der Waals surface area contributed by atoms with Crippen LogP contribution in [0.15, 0.2) is 0 Å². The quantitative estimate of drug-likeness (QED) is 0.686. The van der Waals surface area contributed by atoms with Crippen LogP contribution >= 0.6 is 11.6 Å². The molecule has 3 heteroatoms. The first kappa shape index (κ1) is 16.1. The first-order valence-corrected chi connectivity index (χ1v) is 8.96. The summed E-state index contributed by atoms with van der Waals surface area (Å²) in [4.78, 5) is 15.3. The number of likely N-dealkylation sites (tertiary alicyclic amines) is 1. The number of rotatable bonds is 5. The summed E-state index contributed by atoms with van der Waals surface area (Å²) in [5.74, 6) is 2.43. The van der Waals surface area contributed by atoms with Crippen LogP contribution in [-0.2, 0) is 4.79 Å². The number of carbonyl (C=O) groups is 1. The molecule has 0 radical (unpaired) electrons. The van der Waals surface area contributed by atoms with E-state index in [4.69, 9.17) is 11.6 Å². The number of carbonyl (C=O) groups excluding carboxylic acids is 1. The Hall–Kier alpha value is -0.240. The lowest BCUT2D eigenvalue weighted by atomic mass is 9.76. The van der Waals surface area contributed by atoms with Crippen molar-refractivity contribution in [3.05, 3.63) is 0 Å². The van der Waals surface area contributed by atoms with Crippen molar-refractivity contribution in [2.24, 2.45) is 17.3 Å². The standard InChI is InChI=1S/C17H30ClNO/c1-14(2)12-17(8-3-4-9-17)16(20)19-11-5-6-15(13-19)7-10-18/h14-15H,3-13H2,1-2H3. The van der Waals surface area contributed by atoms with Crippen molar-refractivity contribution in [2.45, 2.75) is 65.2 Å². The molecule has 1 unspecified atom stereocenters. The van der Waals surface area contributed by atoms with Crippen molar-refractivity contribution < 1.29 is 4.79 Å². The van der Waals surface area contributed by atoms with Crippen LogP contribution in [0.25, 0.3) is 0 Å². The van der Waals surface area contributed by atoms with Gasteiger partial charge in [-0.3, -0.25) is 4.79 Å². The van der Waals surface area contributed by atoms with Gasteiger partial charge in [0.1, 0.15) is 0 Å². The van der Waals surface area contributed by atoms with E-state index in [1.165, 1.54) is 19.3 Å². The van der Waals surface area contributed by atoms with Crippen LogP contribution < -0.4 is 0 Å². The van der Waals surface area contributed by atoms with Crippen LogP contribution in [0.3, 0.4) is 0 Å². The van der Waals surface area contributed by atoms with Gasteiger partial charge in [-0.2, -0.15) is 0 Å².